The molecule has 360 valence electrons. The smallest absolute Gasteiger partial charge is 0.391 e. The number of quaternary nitrogens is 1. The molecule has 60 heavy (non-hydrogen) atoms. The Bertz CT molecular complexity index is 947. The third-order valence-corrected chi connectivity index (χ3v) is 13.3. The number of nitrogens with zero attached hydrogens (tertiary/aromatic N) is 1. The number of unbranched alkanes of at least 4 members (excludes halogenated alkanes) is 36. The monoisotopic (exact) mass is 874 g/mol. The first-order valence-corrected chi connectivity index (χ1v) is 27.9. The average Bonchev–Trinajstić information content (AvgIpc) is 3.20. The quantitative estimate of drug-likeness (QED) is 0.0319. The van der Waals surface area contributed by atoms with Crippen molar-refractivity contribution < 1.29 is 32.9 Å². The van der Waals surface area contributed by atoms with Gasteiger partial charge >= 0.3 is 7.82 Å². The van der Waals surface area contributed by atoms with Crippen molar-refractivity contribution in [2.45, 2.75) is 283 Å². The zero-order valence-electron chi connectivity index (χ0n) is 41.0. The van der Waals surface area contributed by atoms with Crippen molar-refractivity contribution in [3.8, 4) is 0 Å². The number of aliphatic hydroxyl groups excluding tert-OH is 1. The Kier molecular flexibility index (Phi) is 43.4. The summed E-state index contributed by atoms with van der Waals surface area (Å²) < 4.78 is 23.6. The fourth-order valence-electron chi connectivity index (χ4n) is 8.17. The highest BCUT2D eigenvalue weighted by Gasteiger charge is 2.28. The molecule has 0 saturated heterocycles. The van der Waals surface area contributed by atoms with Gasteiger partial charge in [0.2, 0.25) is 5.91 Å². The van der Waals surface area contributed by atoms with E-state index >= 15 is 0 Å². The summed E-state index contributed by atoms with van der Waals surface area (Å²) in [7, 11) is 1.63. The molecule has 9 heteroatoms. The van der Waals surface area contributed by atoms with Crippen molar-refractivity contribution in [2.75, 3.05) is 40.9 Å². The molecular formula is C51H106N2O6P+. The van der Waals surface area contributed by atoms with Crippen LogP contribution in [-0.4, -0.2) is 73.4 Å². The molecule has 0 saturated carbocycles. The van der Waals surface area contributed by atoms with E-state index in [0.29, 0.717) is 23.9 Å². The normalized spacial score (nSPS) is 14.1. The molecule has 8 nitrogen and oxygen atoms in total. The molecule has 0 heterocycles. The molecule has 0 spiro atoms. The minimum absolute atomic E-state index is 0.0785. The minimum atomic E-state index is -4.31. The van der Waals surface area contributed by atoms with Crippen molar-refractivity contribution in [3.63, 3.8) is 0 Å². The van der Waals surface area contributed by atoms with Crippen LogP contribution in [-0.2, 0) is 18.4 Å². The van der Waals surface area contributed by atoms with Gasteiger partial charge in [-0.05, 0) is 12.8 Å². The topological polar surface area (TPSA) is 105 Å². The fourth-order valence-corrected chi connectivity index (χ4v) is 8.90. The summed E-state index contributed by atoms with van der Waals surface area (Å²) in [5.41, 5.74) is 0. The predicted octanol–water partition coefficient (Wildman–Crippen LogP) is 15.3. The third-order valence-electron chi connectivity index (χ3n) is 12.4. The van der Waals surface area contributed by atoms with Crippen LogP contribution in [0.1, 0.15) is 271 Å². The second-order valence-corrected chi connectivity index (χ2v) is 21.1. The summed E-state index contributed by atoms with van der Waals surface area (Å²) in [4.78, 5) is 23.1. The van der Waals surface area contributed by atoms with Crippen LogP contribution in [0.2, 0.25) is 0 Å². The molecule has 0 aromatic carbocycles. The maximum Gasteiger partial charge on any atom is 0.472 e. The highest BCUT2D eigenvalue weighted by Crippen LogP contribution is 2.43. The first kappa shape index (κ1) is 59.5. The number of rotatable bonds is 49. The molecule has 1 amide bonds. The summed E-state index contributed by atoms with van der Waals surface area (Å²) >= 11 is 0. The Hall–Kier alpha value is -0.500. The molecule has 0 aromatic rings. The number of carbonyl (C=O) groups excluding carboxylic acids is 1. The standard InChI is InChI=1S/C51H105N2O6P/c1-6-8-10-12-14-16-17-18-19-20-21-22-23-24-25-26-27-28-29-30-31-32-33-34-35-37-38-40-42-44-50(54)49(48-59-60(56,57)58-47-46-53(3,4)5)52-51(55)45-43-41-39-36-15-13-11-9-7-2/h49-50,54H,6-48H2,1-5H3,(H-,52,55,56,57)/p+1. The van der Waals surface area contributed by atoms with Crippen LogP contribution in [0.25, 0.3) is 0 Å². The Morgan fingerprint density at radius 2 is 0.800 bits per heavy atom. The highest BCUT2D eigenvalue weighted by molar-refractivity contribution is 7.47. The fraction of sp³-hybridized carbons (Fsp3) is 0.980. The molecule has 0 aliphatic rings. The van der Waals surface area contributed by atoms with E-state index in [1.807, 2.05) is 21.1 Å². The summed E-state index contributed by atoms with van der Waals surface area (Å²) in [5, 5.41) is 14.0. The molecule has 0 rings (SSSR count). The Morgan fingerprint density at radius 1 is 0.500 bits per heavy atom. The molecule has 0 fully saturated rings. The van der Waals surface area contributed by atoms with Crippen LogP contribution >= 0.6 is 7.82 Å². The van der Waals surface area contributed by atoms with Crippen molar-refractivity contribution >= 4 is 13.7 Å². The van der Waals surface area contributed by atoms with Crippen LogP contribution in [0.3, 0.4) is 0 Å². The first-order valence-electron chi connectivity index (χ1n) is 26.4. The van der Waals surface area contributed by atoms with Crippen molar-refractivity contribution in [1.29, 1.82) is 0 Å². The zero-order chi connectivity index (χ0) is 44.3. The van der Waals surface area contributed by atoms with Crippen LogP contribution in [0.4, 0.5) is 0 Å². The van der Waals surface area contributed by atoms with Crippen molar-refractivity contribution in [2.24, 2.45) is 0 Å². The lowest BCUT2D eigenvalue weighted by Crippen LogP contribution is -2.46. The lowest BCUT2D eigenvalue weighted by atomic mass is 10.0. The van der Waals surface area contributed by atoms with Gasteiger partial charge < -0.3 is 19.8 Å². The molecule has 0 aromatic heterocycles. The van der Waals surface area contributed by atoms with Gasteiger partial charge in [-0.3, -0.25) is 13.8 Å². The molecular weight excluding hydrogens is 768 g/mol. The number of hydrogen-bond acceptors (Lipinski definition) is 5. The summed E-state index contributed by atoms with van der Waals surface area (Å²) in [6, 6.07) is -0.752. The predicted molar refractivity (Wildman–Crippen MR) is 259 cm³/mol. The van der Waals surface area contributed by atoms with Crippen LogP contribution < -0.4 is 5.32 Å². The average molecular weight is 874 g/mol. The van der Waals surface area contributed by atoms with E-state index in [4.69, 9.17) is 9.05 Å². The van der Waals surface area contributed by atoms with Crippen molar-refractivity contribution in [3.05, 3.63) is 0 Å². The number of likely N-dealkylation sites (N-methyl/N-ethyl adjacent to an activating group) is 1. The van der Waals surface area contributed by atoms with Gasteiger partial charge in [-0.2, -0.15) is 0 Å². The van der Waals surface area contributed by atoms with E-state index in [2.05, 4.69) is 19.2 Å². The van der Waals surface area contributed by atoms with E-state index < -0.39 is 20.0 Å². The minimum Gasteiger partial charge on any atom is -0.391 e. The Morgan fingerprint density at radius 3 is 1.12 bits per heavy atom. The number of phosphoric ester groups is 1. The van der Waals surface area contributed by atoms with Gasteiger partial charge in [0.05, 0.1) is 39.9 Å². The molecule has 0 aliphatic heterocycles. The number of amides is 1. The summed E-state index contributed by atoms with van der Waals surface area (Å²) in [6.45, 7) is 4.90. The lowest BCUT2D eigenvalue weighted by Gasteiger charge is -2.26. The van der Waals surface area contributed by atoms with E-state index in [9.17, 15) is 19.4 Å². The first-order chi connectivity index (χ1) is 29.0. The second-order valence-electron chi connectivity index (χ2n) is 19.6. The van der Waals surface area contributed by atoms with Gasteiger partial charge in [0.1, 0.15) is 13.2 Å². The van der Waals surface area contributed by atoms with Gasteiger partial charge in [-0.1, -0.05) is 251 Å². The van der Waals surface area contributed by atoms with E-state index in [1.165, 1.54) is 205 Å². The second kappa shape index (κ2) is 43.7. The largest absolute Gasteiger partial charge is 0.472 e. The van der Waals surface area contributed by atoms with Crippen LogP contribution in [0, 0.1) is 0 Å². The number of nitrogens with one attached hydrogen (secondary N) is 1. The maximum atomic E-state index is 12.8. The number of phosphoric acid groups is 1. The van der Waals surface area contributed by atoms with E-state index in [0.717, 1.165) is 38.5 Å². The van der Waals surface area contributed by atoms with Crippen molar-refractivity contribution in [1.82, 2.24) is 5.32 Å². The van der Waals surface area contributed by atoms with E-state index in [1.54, 1.807) is 0 Å². The zero-order valence-corrected chi connectivity index (χ0v) is 41.9. The van der Waals surface area contributed by atoms with E-state index in [-0.39, 0.29) is 19.1 Å². The summed E-state index contributed by atoms with van der Waals surface area (Å²) in [6.07, 6.45) is 50.3. The van der Waals surface area contributed by atoms with Crippen LogP contribution in [0.15, 0.2) is 0 Å². The van der Waals surface area contributed by atoms with Gasteiger partial charge in [-0.15, -0.1) is 0 Å². The van der Waals surface area contributed by atoms with Gasteiger partial charge in [0.15, 0.2) is 0 Å². The molecule has 0 bridgehead atoms. The lowest BCUT2D eigenvalue weighted by molar-refractivity contribution is -0.870. The SMILES string of the molecule is CCCCCCCCCCCCCCCCCCCCCCCCCCCCCCCC(O)C(COP(=O)(O)OCC[N+](C)(C)C)NC(=O)CCCCCCCCCCC. The van der Waals surface area contributed by atoms with Gasteiger partial charge in [-0.25, -0.2) is 4.57 Å². The Labute approximate surface area is 374 Å². The maximum absolute atomic E-state index is 12.8. The number of aliphatic hydroxyl groups is 1. The highest BCUT2D eigenvalue weighted by atomic mass is 31.2. The Balaban J connectivity index is 3.96. The summed E-state index contributed by atoms with van der Waals surface area (Å²) in [5.74, 6) is -0.144. The molecule has 0 aliphatic carbocycles. The third kappa shape index (κ3) is 45.5. The van der Waals surface area contributed by atoms with Crippen LogP contribution in [0.5, 0.6) is 0 Å². The van der Waals surface area contributed by atoms with Gasteiger partial charge in [0.25, 0.3) is 0 Å². The number of hydrogen-bond donors (Lipinski definition) is 3. The molecule has 3 unspecified atom stereocenters. The molecule has 3 atom stereocenters. The molecule has 3 N–H and O–H groups in total. The molecule has 0 radical (unpaired) electrons. The van der Waals surface area contributed by atoms with Gasteiger partial charge in [0, 0.05) is 6.42 Å². The number of carbonyl (C=O) groups is 1.